The van der Waals surface area contributed by atoms with E-state index in [9.17, 15) is 4.79 Å². The van der Waals surface area contributed by atoms with Gasteiger partial charge in [0, 0.05) is 19.4 Å². The van der Waals surface area contributed by atoms with Crippen molar-refractivity contribution in [3.8, 4) is 0 Å². The van der Waals surface area contributed by atoms with E-state index in [1.54, 1.807) is 6.92 Å². The van der Waals surface area contributed by atoms with Gasteiger partial charge in [0.05, 0.1) is 19.8 Å². The molecular formula is C28H36O7. The molecule has 0 bridgehead atoms. The number of carbonyl (C=O) groups excluding carboxylic acids is 1. The van der Waals surface area contributed by atoms with Crippen LogP contribution in [0.3, 0.4) is 0 Å². The molecule has 0 unspecified atom stereocenters. The largest absolute Gasteiger partial charge is 0.466 e. The summed E-state index contributed by atoms with van der Waals surface area (Å²) in [6.07, 6.45) is -0.282. The van der Waals surface area contributed by atoms with Crippen molar-refractivity contribution in [2.24, 2.45) is 0 Å². The molecule has 0 amide bonds. The molecule has 0 spiro atoms. The third-order valence-electron chi connectivity index (χ3n) is 6.37. The van der Waals surface area contributed by atoms with Gasteiger partial charge in [0.1, 0.15) is 17.8 Å². The van der Waals surface area contributed by atoms with Crippen LogP contribution in [0.25, 0.3) is 0 Å². The SMILES string of the molecule is CCOC(=O)CC[C@]1(CCOCc2ccccc2)O[C@@H]2OC(C)(C)O[C@@H]2[C@@H]1OCc1ccccc1. The molecule has 2 fully saturated rings. The first-order valence-electron chi connectivity index (χ1n) is 12.4. The third kappa shape index (κ3) is 6.68. The van der Waals surface area contributed by atoms with Gasteiger partial charge >= 0.3 is 5.97 Å². The van der Waals surface area contributed by atoms with Gasteiger partial charge < -0.3 is 28.4 Å². The van der Waals surface area contributed by atoms with Crippen LogP contribution in [0.4, 0.5) is 0 Å². The van der Waals surface area contributed by atoms with Gasteiger partial charge in [0.15, 0.2) is 12.1 Å². The smallest absolute Gasteiger partial charge is 0.305 e. The number of hydrogen-bond donors (Lipinski definition) is 0. The highest BCUT2D eigenvalue weighted by atomic mass is 16.8. The Morgan fingerprint density at radius 2 is 1.54 bits per heavy atom. The summed E-state index contributed by atoms with van der Waals surface area (Å²) < 4.78 is 36.5. The first-order valence-corrected chi connectivity index (χ1v) is 12.4. The van der Waals surface area contributed by atoms with Gasteiger partial charge in [0.25, 0.3) is 0 Å². The minimum atomic E-state index is -0.815. The highest BCUT2D eigenvalue weighted by Crippen LogP contribution is 2.47. The van der Waals surface area contributed by atoms with E-state index >= 15 is 0 Å². The first kappa shape index (κ1) is 25.8. The summed E-state index contributed by atoms with van der Waals surface area (Å²) in [5.74, 6) is -1.04. The number of hydrogen-bond acceptors (Lipinski definition) is 7. The Morgan fingerprint density at radius 1 is 0.886 bits per heavy atom. The lowest BCUT2D eigenvalue weighted by Gasteiger charge is -2.37. The van der Waals surface area contributed by atoms with Crippen LogP contribution in [0.5, 0.6) is 0 Å². The quantitative estimate of drug-likeness (QED) is 0.317. The number of ether oxygens (including phenoxy) is 6. The molecule has 2 aliphatic heterocycles. The van der Waals surface area contributed by atoms with Crippen molar-refractivity contribution < 1.29 is 33.2 Å². The molecule has 0 radical (unpaired) electrons. The van der Waals surface area contributed by atoms with Crippen LogP contribution in [-0.2, 0) is 46.4 Å². The van der Waals surface area contributed by atoms with E-state index < -0.39 is 29.9 Å². The van der Waals surface area contributed by atoms with E-state index in [1.807, 2.05) is 74.5 Å². The first-order chi connectivity index (χ1) is 16.9. The van der Waals surface area contributed by atoms with E-state index in [0.717, 1.165) is 11.1 Å². The molecule has 2 aliphatic rings. The molecule has 0 aliphatic carbocycles. The van der Waals surface area contributed by atoms with Crippen molar-refractivity contribution in [1.29, 1.82) is 0 Å². The summed E-state index contributed by atoms with van der Waals surface area (Å²) in [5.41, 5.74) is 1.33. The zero-order valence-corrected chi connectivity index (χ0v) is 20.8. The van der Waals surface area contributed by atoms with E-state index in [-0.39, 0.29) is 12.4 Å². The predicted octanol–water partition coefficient (Wildman–Crippen LogP) is 4.77. The lowest BCUT2D eigenvalue weighted by atomic mass is 9.87. The van der Waals surface area contributed by atoms with Gasteiger partial charge in [0.2, 0.25) is 0 Å². The van der Waals surface area contributed by atoms with Crippen LogP contribution in [0.2, 0.25) is 0 Å². The van der Waals surface area contributed by atoms with Crippen molar-refractivity contribution in [2.45, 2.75) is 83.1 Å². The minimum absolute atomic E-state index is 0.209. The second kappa shape index (κ2) is 11.6. The maximum Gasteiger partial charge on any atom is 0.305 e. The Bertz CT molecular complexity index is 933. The molecule has 190 valence electrons. The number of carbonyl (C=O) groups is 1. The van der Waals surface area contributed by atoms with Gasteiger partial charge in [-0.2, -0.15) is 0 Å². The summed E-state index contributed by atoms with van der Waals surface area (Å²) in [5, 5.41) is 0. The van der Waals surface area contributed by atoms with Gasteiger partial charge in [-0.15, -0.1) is 0 Å². The topological polar surface area (TPSA) is 72.5 Å². The highest BCUT2D eigenvalue weighted by molar-refractivity contribution is 5.69. The molecule has 2 aromatic rings. The molecule has 4 atom stereocenters. The second-order valence-corrected chi connectivity index (χ2v) is 9.46. The lowest BCUT2D eigenvalue weighted by molar-refractivity contribution is -0.250. The third-order valence-corrected chi connectivity index (χ3v) is 6.37. The van der Waals surface area contributed by atoms with Gasteiger partial charge in [-0.3, -0.25) is 4.79 Å². The van der Waals surface area contributed by atoms with Crippen LogP contribution >= 0.6 is 0 Å². The summed E-state index contributed by atoms with van der Waals surface area (Å²) in [6.45, 7) is 7.21. The highest BCUT2D eigenvalue weighted by Gasteiger charge is 2.62. The summed E-state index contributed by atoms with van der Waals surface area (Å²) in [7, 11) is 0. The maximum absolute atomic E-state index is 12.3. The van der Waals surface area contributed by atoms with Crippen LogP contribution in [0, 0.1) is 0 Å². The van der Waals surface area contributed by atoms with E-state index in [0.29, 0.717) is 39.3 Å². The molecule has 0 N–H and O–H groups in total. The molecule has 0 saturated carbocycles. The number of esters is 1. The Kier molecular flexibility index (Phi) is 8.57. The molecule has 7 heteroatoms. The fraction of sp³-hybridized carbons (Fsp3) is 0.536. The van der Waals surface area contributed by atoms with E-state index in [4.69, 9.17) is 28.4 Å². The Hall–Kier alpha value is -2.29. The summed E-state index contributed by atoms with van der Waals surface area (Å²) >= 11 is 0. The molecule has 7 nitrogen and oxygen atoms in total. The van der Waals surface area contributed by atoms with Crippen molar-refractivity contribution in [3.05, 3.63) is 71.8 Å². The zero-order valence-electron chi connectivity index (χ0n) is 20.8. The van der Waals surface area contributed by atoms with Crippen LogP contribution in [0.15, 0.2) is 60.7 Å². The molecule has 2 aromatic carbocycles. The van der Waals surface area contributed by atoms with Crippen molar-refractivity contribution >= 4 is 5.97 Å². The van der Waals surface area contributed by atoms with E-state index in [1.165, 1.54) is 0 Å². The molecule has 35 heavy (non-hydrogen) atoms. The standard InChI is InChI=1S/C28H36O7/c1-4-31-23(29)15-16-28(17-18-30-19-21-11-7-5-8-12-21)25(32-20-22-13-9-6-10-14-22)24-26(35-28)34-27(2,3)33-24/h5-14,24-26H,4,15-20H2,1-3H3/t24-,25+,26+,28-/m1/s1. The molecule has 4 rings (SSSR count). The van der Waals surface area contributed by atoms with Gasteiger partial charge in [-0.05, 0) is 38.3 Å². The average Bonchev–Trinajstić information content (AvgIpc) is 3.29. The van der Waals surface area contributed by atoms with Crippen LogP contribution in [-0.4, -0.2) is 49.1 Å². The van der Waals surface area contributed by atoms with E-state index in [2.05, 4.69) is 0 Å². The van der Waals surface area contributed by atoms with Crippen molar-refractivity contribution in [2.75, 3.05) is 13.2 Å². The Morgan fingerprint density at radius 3 is 2.20 bits per heavy atom. The number of rotatable bonds is 12. The zero-order chi connectivity index (χ0) is 24.7. The normalized spacial score (nSPS) is 27.0. The Labute approximate surface area is 207 Å². The fourth-order valence-electron chi connectivity index (χ4n) is 4.74. The van der Waals surface area contributed by atoms with Crippen LogP contribution in [0.1, 0.15) is 51.2 Å². The van der Waals surface area contributed by atoms with Crippen molar-refractivity contribution in [1.82, 2.24) is 0 Å². The Balaban J connectivity index is 1.50. The van der Waals surface area contributed by atoms with Gasteiger partial charge in [-0.25, -0.2) is 0 Å². The molecule has 2 heterocycles. The number of benzene rings is 2. The maximum atomic E-state index is 12.3. The van der Waals surface area contributed by atoms with Crippen LogP contribution < -0.4 is 0 Å². The second-order valence-electron chi connectivity index (χ2n) is 9.46. The minimum Gasteiger partial charge on any atom is -0.466 e. The lowest BCUT2D eigenvalue weighted by Crippen LogP contribution is -2.48. The summed E-state index contributed by atoms with van der Waals surface area (Å²) in [4.78, 5) is 12.3. The van der Waals surface area contributed by atoms with Gasteiger partial charge in [-0.1, -0.05) is 60.7 Å². The average molecular weight is 485 g/mol. The summed E-state index contributed by atoms with van der Waals surface area (Å²) in [6, 6.07) is 20.0. The fourth-order valence-corrected chi connectivity index (χ4v) is 4.74. The molecular weight excluding hydrogens is 448 g/mol. The van der Waals surface area contributed by atoms with Crippen molar-refractivity contribution in [3.63, 3.8) is 0 Å². The molecule has 0 aromatic heterocycles. The predicted molar refractivity (Wildman–Crippen MR) is 129 cm³/mol. The monoisotopic (exact) mass is 484 g/mol. The number of fused-ring (bicyclic) bond motifs is 1. The molecule has 2 saturated heterocycles.